The number of fused-ring (bicyclic) bond motifs is 1. The van der Waals surface area contributed by atoms with Gasteiger partial charge in [-0.25, -0.2) is 4.98 Å². The van der Waals surface area contributed by atoms with Gasteiger partial charge in [0.05, 0.1) is 32.5 Å². The lowest BCUT2D eigenvalue weighted by atomic mass is 9.94. The fourth-order valence-electron chi connectivity index (χ4n) is 3.81. The quantitative estimate of drug-likeness (QED) is 0.330. The normalized spacial score (nSPS) is 11.0. The largest absolute Gasteiger partial charge is 0.321 e. The van der Waals surface area contributed by atoms with Gasteiger partial charge in [0.1, 0.15) is 0 Å². The minimum atomic E-state index is -0.276. The predicted molar refractivity (Wildman–Crippen MR) is 131 cm³/mol. The zero-order valence-corrected chi connectivity index (χ0v) is 19.5. The monoisotopic (exact) mass is 468 g/mol. The number of pyridine rings is 1. The van der Waals surface area contributed by atoms with Gasteiger partial charge in [-0.05, 0) is 62.2 Å². The smallest absolute Gasteiger partial charge is 0.256 e. The van der Waals surface area contributed by atoms with Crippen LogP contribution in [0.15, 0.2) is 54.6 Å². The summed E-state index contributed by atoms with van der Waals surface area (Å²) in [6, 6.07) is 16.7. The molecule has 0 fully saturated rings. The molecule has 1 amide bonds. The third kappa shape index (κ3) is 4.14. The van der Waals surface area contributed by atoms with Crippen molar-refractivity contribution in [2.75, 3.05) is 5.32 Å². The summed E-state index contributed by atoms with van der Waals surface area (Å²) in [5, 5.41) is 4.99. The molecular formula is C25H19Cl3N2O. The fourth-order valence-corrected chi connectivity index (χ4v) is 4.35. The molecule has 0 atom stereocenters. The number of aryl methyl sites for hydroxylation is 2. The zero-order valence-electron chi connectivity index (χ0n) is 17.2. The van der Waals surface area contributed by atoms with E-state index in [0.29, 0.717) is 32.0 Å². The van der Waals surface area contributed by atoms with Crippen LogP contribution in [0.4, 0.5) is 5.69 Å². The van der Waals surface area contributed by atoms with Crippen LogP contribution in [0.25, 0.3) is 22.2 Å². The third-order valence-corrected chi connectivity index (χ3v) is 6.25. The molecule has 3 aromatic carbocycles. The molecule has 0 unspecified atom stereocenters. The molecule has 156 valence electrons. The SMILES string of the molecule is Cc1cc(C)c2nc(-c3cccc(Cl)c3)c(C)c(C(=O)Nc3cccc(Cl)c3Cl)c2c1. The van der Waals surface area contributed by atoms with Crippen molar-refractivity contribution in [3.63, 3.8) is 0 Å². The maximum atomic E-state index is 13.5. The van der Waals surface area contributed by atoms with E-state index in [1.54, 1.807) is 18.2 Å². The molecule has 3 nitrogen and oxygen atoms in total. The van der Waals surface area contributed by atoms with E-state index in [2.05, 4.69) is 11.4 Å². The van der Waals surface area contributed by atoms with Gasteiger partial charge in [-0.1, -0.05) is 64.6 Å². The van der Waals surface area contributed by atoms with Gasteiger partial charge in [0, 0.05) is 16.0 Å². The molecule has 0 bridgehead atoms. The maximum Gasteiger partial charge on any atom is 0.256 e. The fraction of sp³-hybridized carbons (Fsp3) is 0.120. The lowest BCUT2D eigenvalue weighted by molar-refractivity contribution is 0.102. The Kier molecular flexibility index (Phi) is 5.94. The van der Waals surface area contributed by atoms with Crippen molar-refractivity contribution in [3.8, 4) is 11.3 Å². The molecule has 31 heavy (non-hydrogen) atoms. The average molecular weight is 470 g/mol. The second kappa shape index (κ2) is 8.51. The highest BCUT2D eigenvalue weighted by Gasteiger charge is 2.21. The lowest BCUT2D eigenvalue weighted by Crippen LogP contribution is -2.16. The number of nitrogens with one attached hydrogen (secondary N) is 1. The Labute approximate surface area is 196 Å². The first-order valence-electron chi connectivity index (χ1n) is 9.69. The summed E-state index contributed by atoms with van der Waals surface area (Å²) in [6.45, 7) is 5.89. The molecular weight excluding hydrogens is 451 g/mol. The van der Waals surface area contributed by atoms with Crippen LogP contribution in [-0.4, -0.2) is 10.9 Å². The summed E-state index contributed by atoms with van der Waals surface area (Å²) in [7, 11) is 0. The molecule has 4 aromatic rings. The molecule has 1 aromatic heterocycles. The van der Waals surface area contributed by atoms with Crippen LogP contribution in [0.5, 0.6) is 0 Å². The molecule has 0 saturated carbocycles. The van der Waals surface area contributed by atoms with Gasteiger partial charge in [-0.15, -0.1) is 0 Å². The topological polar surface area (TPSA) is 42.0 Å². The van der Waals surface area contributed by atoms with Gasteiger partial charge in [-0.3, -0.25) is 4.79 Å². The Hall–Kier alpha value is -2.59. The van der Waals surface area contributed by atoms with E-state index in [4.69, 9.17) is 39.8 Å². The standard InChI is InChI=1S/C25H19Cl3N2O/c1-13-10-14(2)23-18(11-13)21(25(31)29-20-9-5-8-19(27)22(20)28)15(3)24(30-23)16-6-4-7-17(26)12-16/h4-12H,1-3H3,(H,29,31). The Morgan fingerprint density at radius 3 is 2.42 bits per heavy atom. The maximum absolute atomic E-state index is 13.5. The zero-order chi connectivity index (χ0) is 22.3. The number of carbonyl (C=O) groups excluding carboxylic acids is 1. The van der Waals surface area contributed by atoms with Gasteiger partial charge < -0.3 is 5.32 Å². The van der Waals surface area contributed by atoms with Crippen molar-refractivity contribution in [1.82, 2.24) is 4.98 Å². The van der Waals surface area contributed by atoms with E-state index in [9.17, 15) is 4.79 Å². The molecule has 1 heterocycles. The molecule has 1 N–H and O–H groups in total. The van der Waals surface area contributed by atoms with Crippen LogP contribution in [-0.2, 0) is 0 Å². The molecule has 0 aliphatic heterocycles. The summed E-state index contributed by atoms with van der Waals surface area (Å²) in [4.78, 5) is 18.4. The van der Waals surface area contributed by atoms with Crippen molar-refractivity contribution in [2.45, 2.75) is 20.8 Å². The van der Waals surface area contributed by atoms with Crippen LogP contribution >= 0.6 is 34.8 Å². The first-order chi connectivity index (χ1) is 14.8. The highest BCUT2D eigenvalue weighted by Crippen LogP contribution is 2.35. The van der Waals surface area contributed by atoms with Crippen molar-refractivity contribution in [3.05, 3.63) is 91.9 Å². The summed E-state index contributed by atoms with van der Waals surface area (Å²) in [6.07, 6.45) is 0. The molecule has 4 rings (SSSR count). The number of aromatic nitrogens is 1. The Bertz CT molecular complexity index is 1350. The number of benzene rings is 3. The van der Waals surface area contributed by atoms with E-state index in [1.807, 2.05) is 51.1 Å². The van der Waals surface area contributed by atoms with E-state index in [1.165, 1.54) is 0 Å². The number of rotatable bonds is 3. The van der Waals surface area contributed by atoms with E-state index in [-0.39, 0.29) is 5.91 Å². The summed E-state index contributed by atoms with van der Waals surface area (Å²) in [5.41, 5.74) is 6.14. The second-order valence-corrected chi connectivity index (χ2v) is 8.73. The number of nitrogens with zero attached hydrogens (tertiary/aromatic N) is 1. The third-order valence-electron chi connectivity index (χ3n) is 5.19. The number of hydrogen-bond donors (Lipinski definition) is 1. The van der Waals surface area contributed by atoms with E-state index < -0.39 is 0 Å². The highest BCUT2D eigenvalue weighted by molar-refractivity contribution is 6.44. The van der Waals surface area contributed by atoms with Crippen LogP contribution in [0, 0.1) is 20.8 Å². The number of amides is 1. The van der Waals surface area contributed by atoms with E-state index in [0.717, 1.165) is 33.2 Å². The Balaban J connectivity index is 1.97. The Morgan fingerprint density at radius 1 is 0.935 bits per heavy atom. The number of hydrogen-bond acceptors (Lipinski definition) is 2. The number of carbonyl (C=O) groups is 1. The van der Waals surface area contributed by atoms with Crippen molar-refractivity contribution >= 4 is 57.3 Å². The Morgan fingerprint density at radius 2 is 1.68 bits per heavy atom. The first kappa shape index (κ1) is 21.6. The molecule has 0 aliphatic carbocycles. The van der Waals surface area contributed by atoms with Gasteiger partial charge in [0.25, 0.3) is 5.91 Å². The van der Waals surface area contributed by atoms with Gasteiger partial charge in [0.2, 0.25) is 0 Å². The summed E-state index contributed by atoms with van der Waals surface area (Å²) in [5.74, 6) is -0.276. The second-order valence-electron chi connectivity index (χ2n) is 7.50. The number of anilines is 1. The van der Waals surface area contributed by atoms with Gasteiger partial charge >= 0.3 is 0 Å². The van der Waals surface area contributed by atoms with Crippen LogP contribution in [0.2, 0.25) is 15.1 Å². The minimum Gasteiger partial charge on any atom is -0.321 e. The van der Waals surface area contributed by atoms with Crippen molar-refractivity contribution < 1.29 is 4.79 Å². The minimum absolute atomic E-state index is 0.276. The first-order valence-corrected chi connectivity index (χ1v) is 10.8. The number of halogens is 3. The van der Waals surface area contributed by atoms with Crippen molar-refractivity contribution in [1.29, 1.82) is 0 Å². The average Bonchev–Trinajstić information content (AvgIpc) is 2.71. The highest BCUT2D eigenvalue weighted by atomic mass is 35.5. The van der Waals surface area contributed by atoms with Gasteiger partial charge in [0.15, 0.2) is 0 Å². The van der Waals surface area contributed by atoms with Crippen LogP contribution < -0.4 is 5.32 Å². The molecule has 6 heteroatoms. The van der Waals surface area contributed by atoms with Crippen LogP contribution in [0.3, 0.4) is 0 Å². The molecule has 0 spiro atoms. The van der Waals surface area contributed by atoms with Crippen molar-refractivity contribution in [2.24, 2.45) is 0 Å². The van der Waals surface area contributed by atoms with E-state index >= 15 is 0 Å². The van der Waals surface area contributed by atoms with Crippen LogP contribution in [0.1, 0.15) is 27.0 Å². The molecule has 0 saturated heterocycles. The lowest BCUT2D eigenvalue weighted by Gasteiger charge is -2.17. The predicted octanol–water partition coefficient (Wildman–Crippen LogP) is 8.04. The molecule has 0 aliphatic rings. The molecule has 0 radical (unpaired) electrons. The summed E-state index contributed by atoms with van der Waals surface area (Å²) < 4.78 is 0. The summed E-state index contributed by atoms with van der Waals surface area (Å²) >= 11 is 18.7. The van der Waals surface area contributed by atoms with Gasteiger partial charge in [-0.2, -0.15) is 0 Å².